The average molecular weight is 783 g/mol. The molecular formula is C36H37Cl2N7O7S. The molecule has 6 rings (SSSR count). The molecule has 0 saturated carbocycles. The van der Waals surface area contributed by atoms with Gasteiger partial charge in [0.2, 0.25) is 15.9 Å². The van der Waals surface area contributed by atoms with Crippen LogP contribution in [0, 0.1) is 13.8 Å². The zero-order chi connectivity index (χ0) is 38.0. The van der Waals surface area contributed by atoms with Crippen molar-refractivity contribution in [1.29, 1.82) is 0 Å². The van der Waals surface area contributed by atoms with Gasteiger partial charge in [-0.05, 0) is 68.7 Å². The number of nitrogens with two attached hydrogens (primary N) is 1. The average Bonchev–Trinajstić information content (AvgIpc) is 3.65. The molecule has 4 heterocycles. The second-order valence-electron chi connectivity index (χ2n) is 12.7. The zero-order valence-corrected chi connectivity index (χ0v) is 31.5. The van der Waals surface area contributed by atoms with Gasteiger partial charge in [-0.25, -0.2) is 18.2 Å². The van der Waals surface area contributed by atoms with Crippen molar-refractivity contribution >= 4 is 67.7 Å². The van der Waals surface area contributed by atoms with Crippen LogP contribution in [0.3, 0.4) is 0 Å². The monoisotopic (exact) mass is 781 g/mol. The van der Waals surface area contributed by atoms with Crippen molar-refractivity contribution in [3.8, 4) is 5.75 Å². The number of hydrogen-bond donors (Lipinski definition) is 1. The fraction of sp³-hybridized carbons (Fsp3) is 0.333. The van der Waals surface area contributed by atoms with Crippen LogP contribution in [0.2, 0.25) is 10.0 Å². The van der Waals surface area contributed by atoms with Crippen molar-refractivity contribution in [3.63, 3.8) is 0 Å². The standard InChI is InChI=1S/C36H37Cl2N7O7S/c1-21-18-22(2)41-33-25(21)6-4-8-30(33)51-20-26-27(37)10-12-31(32(26)38)53(49,50)45-13-5-7-29(45)36(48)44-16-14-43(15-17-44)35(47)28-11-9-24(19-40-28)34(39)42-52-23(3)46/h4,6,8-12,18-19,29H,5,7,13-17,20H2,1-3H3,(H2,39,42). The van der Waals surface area contributed by atoms with Crippen molar-refractivity contribution < 1.29 is 32.4 Å². The summed E-state index contributed by atoms with van der Waals surface area (Å²) in [4.78, 5) is 54.3. The van der Waals surface area contributed by atoms with Gasteiger partial charge < -0.3 is 25.1 Å². The molecule has 0 aliphatic carbocycles. The highest BCUT2D eigenvalue weighted by atomic mass is 35.5. The number of aryl methyl sites for hydroxylation is 2. The third-order valence-corrected chi connectivity index (χ3v) is 12.0. The van der Waals surface area contributed by atoms with Crippen LogP contribution in [0.15, 0.2) is 64.8 Å². The van der Waals surface area contributed by atoms with Crippen LogP contribution in [-0.2, 0) is 31.1 Å². The number of fused-ring (bicyclic) bond motifs is 1. The lowest BCUT2D eigenvalue weighted by Gasteiger charge is -2.37. The lowest BCUT2D eigenvalue weighted by atomic mass is 10.1. The minimum atomic E-state index is -4.24. The van der Waals surface area contributed by atoms with Gasteiger partial charge in [0, 0.05) is 73.1 Å². The van der Waals surface area contributed by atoms with Crippen LogP contribution < -0.4 is 10.5 Å². The Morgan fingerprint density at radius 2 is 1.74 bits per heavy atom. The first kappa shape index (κ1) is 37.9. The first-order chi connectivity index (χ1) is 25.3. The van der Waals surface area contributed by atoms with Gasteiger partial charge in [0.25, 0.3) is 5.91 Å². The molecule has 53 heavy (non-hydrogen) atoms. The Balaban J connectivity index is 1.12. The number of hydrogen-bond acceptors (Lipinski definition) is 10. The van der Waals surface area contributed by atoms with Crippen LogP contribution in [0.25, 0.3) is 10.9 Å². The summed E-state index contributed by atoms with van der Waals surface area (Å²) >= 11 is 13.3. The van der Waals surface area contributed by atoms with E-state index in [2.05, 4.69) is 20.0 Å². The Kier molecular flexibility index (Phi) is 11.2. The van der Waals surface area contributed by atoms with Gasteiger partial charge >= 0.3 is 5.97 Å². The predicted molar refractivity (Wildman–Crippen MR) is 198 cm³/mol. The van der Waals surface area contributed by atoms with Crippen molar-refractivity contribution in [1.82, 2.24) is 24.1 Å². The molecule has 278 valence electrons. The number of para-hydroxylation sites is 1. The Hall–Kier alpha value is -4.83. The SMILES string of the molecule is CC(=O)ON=C(N)c1ccc(C(=O)N2CCN(C(=O)C3CCCN3S(=O)(=O)c3ccc(Cl)c(COc4cccc5c(C)cc(C)nc45)c3Cl)CC2)nc1. The Labute approximate surface area is 316 Å². The summed E-state index contributed by atoms with van der Waals surface area (Å²) in [7, 11) is -4.24. The van der Waals surface area contributed by atoms with Gasteiger partial charge in [-0.1, -0.05) is 40.5 Å². The summed E-state index contributed by atoms with van der Waals surface area (Å²) in [6, 6.07) is 12.5. The normalized spacial score (nSPS) is 16.9. The number of oxime groups is 1. The smallest absolute Gasteiger partial charge is 0.332 e. The number of rotatable bonds is 9. The van der Waals surface area contributed by atoms with Crippen LogP contribution >= 0.6 is 23.2 Å². The van der Waals surface area contributed by atoms with Crippen LogP contribution in [-0.4, -0.2) is 94.9 Å². The number of sulfonamides is 1. The molecular weight excluding hydrogens is 745 g/mol. The Morgan fingerprint density at radius 1 is 1.00 bits per heavy atom. The van der Waals surface area contributed by atoms with E-state index in [1.54, 1.807) is 15.9 Å². The first-order valence-electron chi connectivity index (χ1n) is 16.8. The summed E-state index contributed by atoms with van der Waals surface area (Å²) in [5, 5.41) is 4.59. The molecule has 2 aliphatic rings. The summed E-state index contributed by atoms with van der Waals surface area (Å²) < 4.78 is 35.6. The maximum atomic E-state index is 14.2. The highest BCUT2D eigenvalue weighted by Crippen LogP contribution is 2.37. The van der Waals surface area contributed by atoms with E-state index >= 15 is 0 Å². The number of amides is 2. The summed E-state index contributed by atoms with van der Waals surface area (Å²) in [5.74, 6) is -0.886. The first-order valence-corrected chi connectivity index (χ1v) is 19.0. The quantitative estimate of drug-likeness (QED) is 0.110. The van der Waals surface area contributed by atoms with Gasteiger partial charge in [0.05, 0.1) is 5.02 Å². The molecule has 17 heteroatoms. The fourth-order valence-corrected chi connectivity index (χ4v) is 8.99. The number of carbonyl (C=O) groups excluding carboxylic acids is 3. The van der Waals surface area contributed by atoms with E-state index in [4.69, 9.17) is 33.7 Å². The van der Waals surface area contributed by atoms with Crippen molar-refractivity contribution in [2.45, 2.75) is 51.2 Å². The Morgan fingerprint density at radius 3 is 2.43 bits per heavy atom. The fourth-order valence-electron chi connectivity index (χ4n) is 6.47. The molecule has 0 bridgehead atoms. The van der Waals surface area contributed by atoms with Crippen LogP contribution in [0.4, 0.5) is 0 Å². The third kappa shape index (κ3) is 7.93. The number of benzene rings is 2. The minimum absolute atomic E-state index is 0.0747. The lowest BCUT2D eigenvalue weighted by Crippen LogP contribution is -2.55. The van der Waals surface area contributed by atoms with E-state index < -0.39 is 22.0 Å². The largest absolute Gasteiger partial charge is 0.487 e. The second-order valence-corrected chi connectivity index (χ2v) is 15.4. The number of halogens is 2. The molecule has 2 aliphatic heterocycles. The summed E-state index contributed by atoms with van der Waals surface area (Å²) in [6.45, 7) is 5.97. The predicted octanol–water partition coefficient (Wildman–Crippen LogP) is 4.45. The topological polar surface area (TPSA) is 178 Å². The van der Waals surface area contributed by atoms with Gasteiger partial charge in [0.1, 0.15) is 34.5 Å². The van der Waals surface area contributed by atoms with E-state index in [9.17, 15) is 22.8 Å². The number of carbonyl (C=O) groups is 3. The second kappa shape index (κ2) is 15.6. The van der Waals surface area contributed by atoms with E-state index in [1.807, 2.05) is 32.0 Å². The highest BCUT2D eigenvalue weighted by molar-refractivity contribution is 7.89. The minimum Gasteiger partial charge on any atom is -0.487 e. The van der Waals surface area contributed by atoms with E-state index in [0.717, 1.165) is 16.6 Å². The van der Waals surface area contributed by atoms with Crippen molar-refractivity contribution in [2.75, 3.05) is 32.7 Å². The number of ether oxygens (including phenoxy) is 1. The maximum Gasteiger partial charge on any atom is 0.332 e. The van der Waals surface area contributed by atoms with E-state index in [1.165, 1.54) is 41.7 Å². The molecule has 1 unspecified atom stereocenters. The Bertz CT molecular complexity index is 2230. The van der Waals surface area contributed by atoms with Gasteiger partial charge in [-0.15, -0.1) is 0 Å². The van der Waals surface area contributed by atoms with E-state index in [0.29, 0.717) is 35.2 Å². The lowest BCUT2D eigenvalue weighted by molar-refractivity contribution is -0.141. The molecule has 4 aromatic rings. The summed E-state index contributed by atoms with van der Waals surface area (Å²) in [5.41, 5.74) is 9.15. The number of piperazine rings is 1. The number of nitrogens with zero attached hydrogens (tertiary/aromatic N) is 6. The van der Waals surface area contributed by atoms with Gasteiger partial charge in [0.15, 0.2) is 5.84 Å². The molecule has 1 atom stereocenters. The number of amidine groups is 1. The van der Waals surface area contributed by atoms with Gasteiger partial charge in [-0.3, -0.25) is 14.6 Å². The zero-order valence-electron chi connectivity index (χ0n) is 29.2. The van der Waals surface area contributed by atoms with Gasteiger partial charge in [-0.2, -0.15) is 4.31 Å². The van der Waals surface area contributed by atoms with Crippen molar-refractivity contribution in [2.24, 2.45) is 10.9 Å². The van der Waals surface area contributed by atoms with Crippen LogP contribution in [0.5, 0.6) is 5.75 Å². The third-order valence-electron chi connectivity index (χ3n) is 9.16. The van der Waals surface area contributed by atoms with E-state index in [-0.39, 0.29) is 77.6 Å². The molecule has 2 N–H and O–H groups in total. The molecule has 2 saturated heterocycles. The molecule has 0 radical (unpaired) electrons. The maximum absolute atomic E-state index is 14.2. The number of aromatic nitrogens is 2. The molecule has 14 nitrogen and oxygen atoms in total. The molecule has 2 aromatic carbocycles. The summed E-state index contributed by atoms with van der Waals surface area (Å²) in [6.07, 6.45) is 2.17. The molecule has 0 spiro atoms. The molecule has 2 fully saturated rings. The molecule has 2 aromatic heterocycles. The number of pyridine rings is 2. The molecule has 2 amide bonds. The van der Waals surface area contributed by atoms with Crippen molar-refractivity contribution in [3.05, 3.63) is 92.9 Å². The highest BCUT2D eigenvalue weighted by Gasteiger charge is 2.43. The van der Waals surface area contributed by atoms with Crippen LogP contribution in [0.1, 0.15) is 52.6 Å².